The van der Waals surface area contributed by atoms with E-state index < -0.39 is 0 Å². The van der Waals surface area contributed by atoms with Crippen molar-refractivity contribution in [3.63, 3.8) is 0 Å². The van der Waals surface area contributed by atoms with Crippen molar-refractivity contribution in [2.45, 2.75) is 25.7 Å². The summed E-state index contributed by atoms with van der Waals surface area (Å²) in [6.45, 7) is 0. The Labute approximate surface area is 224 Å². The van der Waals surface area contributed by atoms with Gasteiger partial charge in [0.1, 0.15) is 0 Å². The Morgan fingerprint density at radius 1 is 0.457 bits per heavy atom. The summed E-state index contributed by atoms with van der Waals surface area (Å²) < 4.78 is 2.58. The van der Waals surface area contributed by atoms with Gasteiger partial charge in [0.25, 0.3) is 0 Å². The van der Waals surface area contributed by atoms with Gasteiger partial charge in [-0.3, -0.25) is 0 Å². The second-order valence-electron chi connectivity index (χ2n) is 9.38. The zero-order chi connectivity index (χ0) is 22.5. The summed E-state index contributed by atoms with van der Waals surface area (Å²) in [6, 6.07) is 40.1. The number of para-hydroxylation sites is 1. The molecule has 7 rings (SSSR count). The molecule has 5 aromatic rings. The highest BCUT2D eigenvalue weighted by molar-refractivity contribution is 5.85. The smallest absolute Gasteiger partial charge is 0.223 e. The largest absolute Gasteiger partial charge is 1.00 e. The predicted octanol–water partition coefficient (Wildman–Crippen LogP) is 4.17. The number of aryl methyl sites for hydroxylation is 2. The topological polar surface area (TPSA) is 3.88 Å². The minimum Gasteiger partial charge on any atom is -1.00 e. The van der Waals surface area contributed by atoms with E-state index in [0.29, 0.717) is 0 Å². The first kappa shape index (κ1) is 22.2. The molecule has 4 aromatic carbocycles. The zero-order valence-electron chi connectivity index (χ0n) is 19.5. The Hall–Kier alpha value is -3.24. The number of benzene rings is 4. The normalized spacial score (nSPS) is 13.0. The molecule has 0 atom stereocenters. The monoisotopic (exact) mass is 563 g/mol. The third-order valence-corrected chi connectivity index (χ3v) is 7.53. The van der Waals surface area contributed by atoms with Crippen LogP contribution in [0.3, 0.4) is 0 Å². The lowest BCUT2D eigenvalue weighted by Gasteiger charge is -2.28. The maximum atomic E-state index is 2.58. The quantitative estimate of drug-likeness (QED) is 0.225. The van der Waals surface area contributed by atoms with Crippen LogP contribution >= 0.6 is 0 Å². The van der Waals surface area contributed by atoms with Crippen LogP contribution in [0.4, 0.5) is 0 Å². The molecule has 1 nitrogen and oxygen atoms in total. The van der Waals surface area contributed by atoms with Gasteiger partial charge in [-0.25, -0.2) is 0 Å². The van der Waals surface area contributed by atoms with Crippen molar-refractivity contribution >= 4 is 0 Å². The molecule has 35 heavy (non-hydrogen) atoms. The molecule has 0 bridgehead atoms. The summed E-state index contributed by atoms with van der Waals surface area (Å²) in [5, 5.41) is 0. The van der Waals surface area contributed by atoms with Gasteiger partial charge in [0.15, 0.2) is 0 Å². The number of rotatable bonds is 2. The van der Waals surface area contributed by atoms with E-state index in [1.807, 2.05) is 0 Å². The van der Waals surface area contributed by atoms with Crippen LogP contribution in [0, 0.1) is 0 Å². The van der Waals surface area contributed by atoms with Crippen LogP contribution in [0.1, 0.15) is 22.3 Å². The first-order valence-corrected chi connectivity index (χ1v) is 12.3. The fourth-order valence-corrected chi connectivity index (χ4v) is 6.10. The molecule has 0 fully saturated rings. The van der Waals surface area contributed by atoms with Gasteiger partial charge >= 0.3 is 0 Å². The molecule has 0 saturated carbocycles. The van der Waals surface area contributed by atoms with E-state index in [2.05, 4.69) is 114 Å². The molecule has 2 aliphatic carbocycles. The van der Waals surface area contributed by atoms with E-state index >= 15 is 0 Å². The lowest BCUT2D eigenvalue weighted by atomic mass is 9.77. The number of pyridine rings is 1. The summed E-state index contributed by atoms with van der Waals surface area (Å²) in [5.74, 6) is 0. The molecule has 0 spiro atoms. The van der Waals surface area contributed by atoms with Gasteiger partial charge in [-0.15, -0.1) is 0 Å². The van der Waals surface area contributed by atoms with Crippen LogP contribution < -0.4 is 28.5 Å². The standard InChI is InChI=1S/C33H26N.HI/c1-3-13-25(14-4-1)31-29-21-19-23-11-7-9-17-27(23)32(29)34(26-15-5-2-6-16-26)33-28-18-10-8-12-24(28)20-22-30(31)33;/h1-18H,19-22H2;1H/q+1;/p-1. The van der Waals surface area contributed by atoms with Gasteiger partial charge in [-0.05, 0) is 54.5 Å². The van der Waals surface area contributed by atoms with Crippen molar-refractivity contribution < 1.29 is 28.5 Å². The van der Waals surface area contributed by atoms with Crippen LogP contribution in [0.2, 0.25) is 0 Å². The average Bonchev–Trinajstić information content (AvgIpc) is 2.92. The summed E-state index contributed by atoms with van der Waals surface area (Å²) in [7, 11) is 0. The second kappa shape index (κ2) is 9.09. The van der Waals surface area contributed by atoms with Crippen molar-refractivity contribution in [3.05, 3.63) is 131 Å². The molecule has 1 aromatic heterocycles. The molecule has 170 valence electrons. The molecule has 0 amide bonds. The van der Waals surface area contributed by atoms with Gasteiger partial charge in [-0.2, -0.15) is 4.57 Å². The summed E-state index contributed by atoms with van der Waals surface area (Å²) >= 11 is 0. The Bertz CT molecular complexity index is 1460. The highest BCUT2D eigenvalue weighted by Crippen LogP contribution is 2.45. The summed E-state index contributed by atoms with van der Waals surface area (Å²) in [4.78, 5) is 0. The molecule has 0 radical (unpaired) electrons. The van der Waals surface area contributed by atoms with Crippen LogP contribution in [-0.2, 0) is 25.7 Å². The lowest BCUT2D eigenvalue weighted by Crippen LogP contribution is -3.00. The Balaban J connectivity index is 0.00000229. The van der Waals surface area contributed by atoms with E-state index in [4.69, 9.17) is 0 Å². The molecule has 0 saturated heterocycles. The second-order valence-corrected chi connectivity index (χ2v) is 9.38. The average molecular weight is 563 g/mol. The molecule has 0 N–H and O–H groups in total. The SMILES string of the molecule is [I-].c1ccc(-c2c3c([n+](-c4ccccc4)c4c2CCc2ccccc2-4)-c2ccccc2CC3)cc1. The van der Waals surface area contributed by atoms with Crippen LogP contribution in [0.25, 0.3) is 39.3 Å². The van der Waals surface area contributed by atoms with E-state index in [9.17, 15) is 0 Å². The van der Waals surface area contributed by atoms with Gasteiger partial charge in [0.05, 0.1) is 11.1 Å². The van der Waals surface area contributed by atoms with Gasteiger partial charge in [0, 0.05) is 28.8 Å². The number of hydrogen-bond donors (Lipinski definition) is 0. The predicted molar refractivity (Wildman–Crippen MR) is 139 cm³/mol. The Morgan fingerprint density at radius 3 is 1.46 bits per heavy atom. The number of nitrogens with zero attached hydrogens (tertiary/aromatic N) is 1. The maximum Gasteiger partial charge on any atom is 0.223 e. The van der Waals surface area contributed by atoms with Crippen molar-refractivity contribution in [2.24, 2.45) is 0 Å². The molecule has 0 aliphatic heterocycles. The minimum atomic E-state index is 0. The van der Waals surface area contributed by atoms with Crippen molar-refractivity contribution in [2.75, 3.05) is 0 Å². The number of fused-ring (bicyclic) bond motifs is 6. The highest BCUT2D eigenvalue weighted by atomic mass is 127. The Morgan fingerprint density at radius 2 is 0.914 bits per heavy atom. The third-order valence-electron chi connectivity index (χ3n) is 7.53. The van der Waals surface area contributed by atoms with Crippen molar-refractivity contribution in [1.29, 1.82) is 0 Å². The van der Waals surface area contributed by atoms with Crippen LogP contribution in [0.15, 0.2) is 109 Å². The minimum absolute atomic E-state index is 0. The first-order chi connectivity index (χ1) is 16.9. The molecule has 0 unspecified atom stereocenters. The maximum absolute atomic E-state index is 2.58. The summed E-state index contributed by atoms with van der Waals surface area (Å²) in [6.07, 6.45) is 4.32. The van der Waals surface area contributed by atoms with E-state index in [0.717, 1.165) is 25.7 Å². The van der Waals surface area contributed by atoms with E-state index in [1.165, 1.54) is 61.6 Å². The fraction of sp³-hybridized carbons (Fsp3) is 0.121. The van der Waals surface area contributed by atoms with Gasteiger partial charge in [0.2, 0.25) is 17.1 Å². The van der Waals surface area contributed by atoms with Gasteiger partial charge in [-0.1, -0.05) is 84.9 Å². The fourth-order valence-electron chi connectivity index (χ4n) is 6.10. The summed E-state index contributed by atoms with van der Waals surface area (Å²) in [5.41, 5.74) is 15.4. The highest BCUT2D eigenvalue weighted by Gasteiger charge is 2.38. The lowest BCUT2D eigenvalue weighted by molar-refractivity contribution is -0.573. The van der Waals surface area contributed by atoms with Crippen molar-refractivity contribution in [1.82, 2.24) is 0 Å². The Kier molecular flexibility index (Phi) is 5.77. The van der Waals surface area contributed by atoms with Crippen molar-refractivity contribution in [3.8, 4) is 39.3 Å². The van der Waals surface area contributed by atoms with E-state index in [1.54, 1.807) is 0 Å². The molecular formula is C33H26IN. The number of hydrogen-bond acceptors (Lipinski definition) is 0. The third kappa shape index (κ3) is 3.54. The molecule has 2 heteroatoms. The number of aromatic nitrogens is 1. The number of halogens is 1. The van der Waals surface area contributed by atoms with Gasteiger partial charge < -0.3 is 24.0 Å². The molecular weight excluding hydrogens is 537 g/mol. The van der Waals surface area contributed by atoms with Crippen LogP contribution in [-0.4, -0.2) is 0 Å². The van der Waals surface area contributed by atoms with E-state index in [-0.39, 0.29) is 24.0 Å². The first-order valence-electron chi connectivity index (χ1n) is 12.3. The molecule has 1 heterocycles. The zero-order valence-corrected chi connectivity index (χ0v) is 21.7. The molecule has 2 aliphatic rings. The van der Waals surface area contributed by atoms with Crippen LogP contribution in [0.5, 0.6) is 0 Å².